The van der Waals surface area contributed by atoms with E-state index in [2.05, 4.69) is 4.72 Å². The first-order valence-electron chi connectivity index (χ1n) is 6.75. The Morgan fingerprint density at radius 2 is 1.76 bits per heavy atom. The molecule has 2 rings (SSSR count). The summed E-state index contributed by atoms with van der Waals surface area (Å²) >= 11 is 0. The van der Waals surface area contributed by atoms with Crippen molar-refractivity contribution in [3.8, 4) is 16.9 Å². The molecule has 0 aliphatic heterocycles. The van der Waals surface area contributed by atoms with E-state index in [1.54, 1.807) is 12.1 Å². The highest BCUT2D eigenvalue weighted by Gasteiger charge is 2.13. The highest BCUT2D eigenvalue weighted by molar-refractivity contribution is 7.89. The Bertz CT molecular complexity index is 722. The molecule has 2 aromatic carbocycles. The van der Waals surface area contributed by atoms with Crippen molar-refractivity contribution in [2.45, 2.75) is 18.7 Å². The van der Waals surface area contributed by atoms with E-state index in [1.165, 1.54) is 7.05 Å². The van der Waals surface area contributed by atoms with Gasteiger partial charge >= 0.3 is 0 Å². The van der Waals surface area contributed by atoms with Crippen molar-refractivity contribution in [2.24, 2.45) is 0 Å². The molecule has 0 spiro atoms. The largest absolute Gasteiger partial charge is 0.494 e. The van der Waals surface area contributed by atoms with E-state index in [0.29, 0.717) is 6.61 Å². The first-order valence-corrected chi connectivity index (χ1v) is 8.23. The van der Waals surface area contributed by atoms with Gasteiger partial charge in [0.25, 0.3) is 0 Å². The van der Waals surface area contributed by atoms with Gasteiger partial charge in [0.2, 0.25) is 10.0 Å². The number of hydrogen-bond donors (Lipinski definition) is 1. The zero-order valence-corrected chi connectivity index (χ0v) is 13.2. The topological polar surface area (TPSA) is 55.4 Å². The summed E-state index contributed by atoms with van der Waals surface area (Å²) in [7, 11) is -2.00. The lowest BCUT2D eigenvalue weighted by molar-refractivity contribution is 0.340. The Kier molecular flexibility index (Phi) is 4.65. The van der Waals surface area contributed by atoms with Crippen molar-refractivity contribution in [1.82, 2.24) is 4.72 Å². The minimum atomic E-state index is -3.40. The fraction of sp³-hybridized carbons (Fsp3) is 0.250. The van der Waals surface area contributed by atoms with Gasteiger partial charge in [-0.05, 0) is 61.9 Å². The zero-order chi connectivity index (χ0) is 15.5. The van der Waals surface area contributed by atoms with Crippen LogP contribution in [-0.4, -0.2) is 22.1 Å². The second-order valence-electron chi connectivity index (χ2n) is 4.64. The summed E-state index contributed by atoms with van der Waals surface area (Å²) in [5, 5.41) is 0. The molecule has 0 heterocycles. The Hall–Kier alpha value is -1.85. The molecular formula is C16H19NO3S. The molecule has 0 atom stereocenters. The highest BCUT2D eigenvalue weighted by Crippen LogP contribution is 2.27. The van der Waals surface area contributed by atoms with Gasteiger partial charge in [0.05, 0.1) is 11.5 Å². The van der Waals surface area contributed by atoms with Crippen LogP contribution in [-0.2, 0) is 10.0 Å². The average Bonchev–Trinajstić information content (AvgIpc) is 2.48. The molecule has 0 aromatic heterocycles. The second kappa shape index (κ2) is 6.28. The van der Waals surface area contributed by atoms with Crippen LogP contribution in [0.25, 0.3) is 11.1 Å². The maximum absolute atomic E-state index is 11.8. The van der Waals surface area contributed by atoms with Crippen molar-refractivity contribution in [2.75, 3.05) is 13.7 Å². The lowest BCUT2D eigenvalue weighted by Crippen LogP contribution is -2.18. The van der Waals surface area contributed by atoms with E-state index in [4.69, 9.17) is 4.74 Å². The maximum atomic E-state index is 11.8. The number of rotatable bonds is 5. The fourth-order valence-corrected chi connectivity index (χ4v) is 2.96. The van der Waals surface area contributed by atoms with Crippen LogP contribution in [0.2, 0.25) is 0 Å². The van der Waals surface area contributed by atoms with Gasteiger partial charge in [0.15, 0.2) is 0 Å². The summed E-state index contributed by atoms with van der Waals surface area (Å²) in [5.74, 6) is 0.827. The number of hydrogen-bond acceptors (Lipinski definition) is 3. The molecule has 0 unspecified atom stereocenters. The van der Waals surface area contributed by atoms with Crippen LogP contribution in [0.1, 0.15) is 12.5 Å². The Balaban J connectivity index is 2.37. The van der Waals surface area contributed by atoms with Crippen LogP contribution in [0.3, 0.4) is 0 Å². The number of benzene rings is 2. The minimum Gasteiger partial charge on any atom is -0.494 e. The molecule has 112 valence electrons. The average molecular weight is 305 g/mol. The molecule has 0 saturated carbocycles. The molecule has 0 fully saturated rings. The van der Waals surface area contributed by atoms with Gasteiger partial charge in [0, 0.05) is 0 Å². The van der Waals surface area contributed by atoms with Crippen molar-refractivity contribution in [3.63, 3.8) is 0 Å². The smallest absolute Gasteiger partial charge is 0.240 e. The third-order valence-electron chi connectivity index (χ3n) is 3.25. The van der Waals surface area contributed by atoms with Crippen LogP contribution in [0, 0.1) is 6.92 Å². The van der Waals surface area contributed by atoms with Gasteiger partial charge in [0.1, 0.15) is 5.75 Å². The van der Waals surface area contributed by atoms with Crippen LogP contribution < -0.4 is 9.46 Å². The van der Waals surface area contributed by atoms with Crippen LogP contribution in [0.15, 0.2) is 47.4 Å². The number of nitrogens with one attached hydrogen (secondary N) is 1. The third kappa shape index (κ3) is 3.43. The molecule has 0 saturated heterocycles. The summed E-state index contributed by atoms with van der Waals surface area (Å²) in [6, 6.07) is 12.9. The predicted molar refractivity (Wildman–Crippen MR) is 84.0 cm³/mol. The second-order valence-corrected chi connectivity index (χ2v) is 6.53. The van der Waals surface area contributed by atoms with Gasteiger partial charge in [-0.25, -0.2) is 13.1 Å². The summed E-state index contributed by atoms with van der Waals surface area (Å²) < 4.78 is 31.3. The quantitative estimate of drug-likeness (QED) is 0.924. The SMILES string of the molecule is CCOc1ccc(-c2ccc(S(=O)(=O)NC)cc2C)cc1. The minimum absolute atomic E-state index is 0.275. The summed E-state index contributed by atoms with van der Waals surface area (Å²) in [6.45, 7) is 4.48. The molecule has 5 heteroatoms. The lowest BCUT2D eigenvalue weighted by Gasteiger charge is -2.10. The number of ether oxygens (including phenoxy) is 1. The van der Waals surface area contributed by atoms with E-state index < -0.39 is 10.0 Å². The highest BCUT2D eigenvalue weighted by atomic mass is 32.2. The first-order chi connectivity index (χ1) is 9.97. The molecule has 4 nitrogen and oxygen atoms in total. The molecule has 0 aliphatic carbocycles. The van der Waals surface area contributed by atoms with Crippen molar-refractivity contribution < 1.29 is 13.2 Å². The van der Waals surface area contributed by atoms with Crippen molar-refractivity contribution in [3.05, 3.63) is 48.0 Å². The van der Waals surface area contributed by atoms with E-state index in [0.717, 1.165) is 22.4 Å². The Morgan fingerprint density at radius 1 is 1.10 bits per heavy atom. The molecular weight excluding hydrogens is 286 g/mol. The summed E-state index contributed by atoms with van der Waals surface area (Å²) in [6.07, 6.45) is 0. The van der Waals surface area contributed by atoms with Crippen molar-refractivity contribution in [1.29, 1.82) is 0 Å². The van der Waals surface area contributed by atoms with Crippen molar-refractivity contribution >= 4 is 10.0 Å². The fourth-order valence-electron chi connectivity index (χ4n) is 2.14. The summed E-state index contributed by atoms with van der Waals surface area (Å²) in [5.41, 5.74) is 2.95. The van der Waals surface area contributed by atoms with Gasteiger partial charge in [-0.1, -0.05) is 18.2 Å². The van der Waals surface area contributed by atoms with E-state index in [9.17, 15) is 8.42 Å². The van der Waals surface area contributed by atoms with Gasteiger partial charge in [-0.15, -0.1) is 0 Å². The molecule has 2 aromatic rings. The molecule has 21 heavy (non-hydrogen) atoms. The van der Waals surface area contributed by atoms with E-state index >= 15 is 0 Å². The predicted octanol–water partition coefficient (Wildman–Crippen LogP) is 2.97. The monoisotopic (exact) mass is 305 g/mol. The lowest BCUT2D eigenvalue weighted by atomic mass is 10.0. The van der Waals surface area contributed by atoms with Crippen LogP contribution in [0.4, 0.5) is 0 Å². The number of sulfonamides is 1. The third-order valence-corrected chi connectivity index (χ3v) is 4.67. The van der Waals surface area contributed by atoms with E-state index in [1.807, 2.05) is 44.2 Å². The van der Waals surface area contributed by atoms with Gasteiger partial charge in [-0.2, -0.15) is 0 Å². The molecule has 1 N–H and O–H groups in total. The Labute approximate surface area is 125 Å². The Morgan fingerprint density at radius 3 is 2.29 bits per heavy atom. The molecule has 0 bridgehead atoms. The maximum Gasteiger partial charge on any atom is 0.240 e. The zero-order valence-electron chi connectivity index (χ0n) is 12.4. The molecule has 0 radical (unpaired) electrons. The first kappa shape index (κ1) is 15.5. The molecule has 0 aliphatic rings. The molecule has 0 amide bonds. The van der Waals surface area contributed by atoms with Gasteiger partial charge < -0.3 is 4.74 Å². The van der Waals surface area contributed by atoms with E-state index in [-0.39, 0.29) is 4.90 Å². The van der Waals surface area contributed by atoms with Gasteiger partial charge in [-0.3, -0.25) is 0 Å². The van der Waals surface area contributed by atoms with Crippen LogP contribution >= 0.6 is 0 Å². The van der Waals surface area contributed by atoms with Crippen LogP contribution in [0.5, 0.6) is 5.75 Å². The normalized spacial score (nSPS) is 11.4. The summed E-state index contributed by atoms with van der Waals surface area (Å²) in [4.78, 5) is 0.275. The standard InChI is InChI=1S/C16H19NO3S/c1-4-20-14-7-5-13(6-8-14)16-10-9-15(11-12(16)2)21(18,19)17-3/h5-11,17H,4H2,1-3H3. The number of aryl methyl sites for hydroxylation is 1.